The topological polar surface area (TPSA) is 208 Å². The molecule has 0 fully saturated rings. The molecule has 0 aromatic heterocycles. The number of nitrogens with zero attached hydrogens (tertiary/aromatic N) is 4. The lowest BCUT2D eigenvalue weighted by atomic mass is 10.2. The van der Waals surface area contributed by atoms with Gasteiger partial charge in [0.1, 0.15) is 16.3 Å². The van der Waals surface area contributed by atoms with Crippen molar-refractivity contribution in [3.8, 4) is 0 Å². The van der Waals surface area contributed by atoms with E-state index in [1.54, 1.807) is 32.0 Å². The number of hydrogen-bond acceptors (Lipinski definition) is 12. The third-order valence-corrected chi connectivity index (χ3v) is 5.74. The lowest BCUT2D eigenvalue weighted by molar-refractivity contribution is 0.0517. The second-order valence-electron chi connectivity index (χ2n) is 7.49. The second kappa shape index (κ2) is 12.0. The van der Waals surface area contributed by atoms with E-state index in [-0.39, 0.29) is 52.8 Å². The number of anilines is 2. The summed E-state index contributed by atoms with van der Waals surface area (Å²) in [5.41, 5.74) is 11.8. The molecule has 13 nitrogen and oxygen atoms in total. The van der Waals surface area contributed by atoms with E-state index in [0.29, 0.717) is 0 Å². The van der Waals surface area contributed by atoms with Crippen molar-refractivity contribution in [1.82, 2.24) is 0 Å². The van der Waals surface area contributed by atoms with Crippen LogP contribution in [0.1, 0.15) is 34.6 Å². The molecule has 0 saturated carbocycles. The number of esters is 2. The third-order valence-electron chi connectivity index (χ3n) is 4.85. The van der Waals surface area contributed by atoms with Crippen LogP contribution in [0.4, 0.5) is 34.1 Å². The molecule has 3 rings (SSSR count). The molecule has 0 aliphatic rings. The van der Waals surface area contributed by atoms with Crippen molar-refractivity contribution in [3.05, 3.63) is 65.7 Å². The average Bonchev–Trinajstić information content (AvgIpc) is 2.88. The summed E-state index contributed by atoms with van der Waals surface area (Å²) in [6.45, 7) is 3.71. The molecule has 0 heterocycles. The summed E-state index contributed by atoms with van der Waals surface area (Å²) in [5.74, 6) is -1.12. The van der Waals surface area contributed by atoms with Crippen LogP contribution in [0.15, 0.2) is 79.9 Å². The van der Waals surface area contributed by atoms with Crippen molar-refractivity contribution in [3.63, 3.8) is 0 Å². The maximum absolute atomic E-state index is 12.0. The fourth-order valence-electron chi connectivity index (χ4n) is 3.11. The van der Waals surface area contributed by atoms with E-state index in [1.807, 2.05) is 0 Å². The van der Waals surface area contributed by atoms with Gasteiger partial charge in [-0.1, -0.05) is 12.1 Å². The molecule has 5 N–H and O–H groups in total. The van der Waals surface area contributed by atoms with Gasteiger partial charge < -0.3 is 20.9 Å². The van der Waals surface area contributed by atoms with Crippen LogP contribution in [-0.4, -0.2) is 38.1 Å². The zero-order valence-electron chi connectivity index (χ0n) is 20.4. The van der Waals surface area contributed by atoms with Gasteiger partial charge in [0.15, 0.2) is 0 Å². The molecule has 3 aromatic rings. The molecule has 0 amide bonds. The van der Waals surface area contributed by atoms with Gasteiger partial charge in [-0.05, 0) is 56.3 Å². The molecule has 14 heteroatoms. The average molecular weight is 541 g/mol. The summed E-state index contributed by atoms with van der Waals surface area (Å²) >= 11 is 0. The maximum atomic E-state index is 12.0. The van der Waals surface area contributed by atoms with E-state index in [0.717, 1.165) is 6.07 Å². The Balaban J connectivity index is 2.04. The third kappa shape index (κ3) is 6.74. The molecule has 0 saturated heterocycles. The molecule has 0 bridgehead atoms. The van der Waals surface area contributed by atoms with Crippen LogP contribution in [0.3, 0.4) is 0 Å². The SMILES string of the molecule is CCOC(=O)c1cccc(N=Nc2cc(S(=O)(=O)O)c(N)c(N=Nc3cccc(C(=O)OCC)c3)c2N)c1. The lowest BCUT2D eigenvalue weighted by Gasteiger charge is -2.10. The second-order valence-corrected chi connectivity index (χ2v) is 8.88. The van der Waals surface area contributed by atoms with Crippen molar-refractivity contribution in [2.24, 2.45) is 20.5 Å². The number of carbonyl (C=O) groups is 2. The van der Waals surface area contributed by atoms with E-state index in [4.69, 9.17) is 20.9 Å². The van der Waals surface area contributed by atoms with Gasteiger partial charge >= 0.3 is 11.9 Å². The molecule has 198 valence electrons. The molecule has 3 aromatic carbocycles. The highest BCUT2D eigenvalue weighted by atomic mass is 32.2. The normalized spacial score (nSPS) is 11.7. The number of ether oxygens (including phenoxy) is 2. The first-order chi connectivity index (χ1) is 18.0. The molecule has 0 aliphatic carbocycles. The monoisotopic (exact) mass is 540 g/mol. The van der Waals surface area contributed by atoms with E-state index in [1.165, 1.54) is 30.3 Å². The Labute approximate surface area is 217 Å². The summed E-state index contributed by atoms with van der Waals surface area (Å²) < 4.78 is 43.5. The Hall–Kier alpha value is -4.69. The largest absolute Gasteiger partial charge is 0.462 e. The van der Waals surface area contributed by atoms with Crippen molar-refractivity contribution in [2.45, 2.75) is 18.7 Å². The van der Waals surface area contributed by atoms with Crippen molar-refractivity contribution < 1.29 is 32.0 Å². The molecular weight excluding hydrogens is 516 g/mol. The van der Waals surface area contributed by atoms with E-state index in [2.05, 4.69) is 20.5 Å². The zero-order chi connectivity index (χ0) is 27.9. The Bertz CT molecular complexity index is 1540. The van der Waals surface area contributed by atoms with Gasteiger partial charge in [-0.2, -0.15) is 18.6 Å². The molecule has 0 spiro atoms. The quantitative estimate of drug-likeness (QED) is 0.139. The number of carbonyl (C=O) groups excluding carboxylic acids is 2. The smallest absolute Gasteiger partial charge is 0.338 e. The zero-order valence-corrected chi connectivity index (χ0v) is 21.2. The molecular formula is C24H24N6O7S. The van der Waals surface area contributed by atoms with Gasteiger partial charge in [-0.3, -0.25) is 4.55 Å². The number of benzene rings is 3. The standard InChI is InChI=1S/C24H24N6O7S/c1-3-36-23(31)14-7-5-9-16(11-14)27-29-18-13-19(38(33,34)35)21(26)22(20(18)25)30-28-17-10-6-8-15(12-17)24(32)37-4-2/h5-13H,3-4,25-26H2,1-2H3,(H,33,34,35). The number of nitrogens with two attached hydrogens (primary N) is 2. The van der Waals surface area contributed by atoms with Gasteiger partial charge in [0.05, 0.1) is 47.1 Å². The summed E-state index contributed by atoms with van der Waals surface area (Å²) in [4.78, 5) is 23.2. The fourth-order valence-corrected chi connectivity index (χ4v) is 3.74. The van der Waals surface area contributed by atoms with Gasteiger partial charge in [0, 0.05) is 0 Å². The van der Waals surface area contributed by atoms with Crippen molar-refractivity contribution in [2.75, 3.05) is 24.7 Å². The van der Waals surface area contributed by atoms with Crippen LogP contribution in [0.2, 0.25) is 0 Å². The van der Waals surface area contributed by atoms with E-state index < -0.39 is 32.6 Å². The predicted molar refractivity (Wildman–Crippen MR) is 138 cm³/mol. The summed E-state index contributed by atoms with van der Waals surface area (Å²) in [7, 11) is -4.82. The number of rotatable bonds is 9. The minimum Gasteiger partial charge on any atom is -0.462 e. The van der Waals surface area contributed by atoms with Gasteiger partial charge in [0.2, 0.25) is 0 Å². The summed E-state index contributed by atoms with van der Waals surface area (Å²) in [5, 5.41) is 15.9. The van der Waals surface area contributed by atoms with Gasteiger partial charge in [-0.25, -0.2) is 9.59 Å². The predicted octanol–water partition coefficient (Wildman–Crippen LogP) is 5.28. The Morgan fingerprint density at radius 2 is 1.29 bits per heavy atom. The Morgan fingerprint density at radius 1 is 0.789 bits per heavy atom. The van der Waals surface area contributed by atoms with E-state index in [9.17, 15) is 22.6 Å². The minimum atomic E-state index is -4.82. The van der Waals surface area contributed by atoms with Gasteiger partial charge in [-0.15, -0.1) is 10.2 Å². The fraction of sp³-hybridized carbons (Fsp3) is 0.167. The van der Waals surface area contributed by atoms with Crippen LogP contribution >= 0.6 is 0 Å². The van der Waals surface area contributed by atoms with Crippen molar-refractivity contribution in [1.29, 1.82) is 0 Å². The highest BCUT2D eigenvalue weighted by Gasteiger charge is 2.22. The maximum Gasteiger partial charge on any atom is 0.338 e. The highest BCUT2D eigenvalue weighted by Crippen LogP contribution is 2.43. The number of nitrogen functional groups attached to an aromatic ring is 2. The minimum absolute atomic E-state index is 0.185. The van der Waals surface area contributed by atoms with Gasteiger partial charge in [0.25, 0.3) is 10.1 Å². The summed E-state index contributed by atoms with van der Waals surface area (Å²) in [6.07, 6.45) is 0. The first-order valence-corrected chi connectivity index (χ1v) is 12.6. The molecule has 0 atom stereocenters. The lowest BCUT2D eigenvalue weighted by Crippen LogP contribution is -2.05. The van der Waals surface area contributed by atoms with Crippen LogP contribution in [0.5, 0.6) is 0 Å². The molecule has 0 radical (unpaired) electrons. The van der Waals surface area contributed by atoms with Crippen LogP contribution < -0.4 is 11.5 Å². The molecule has 0 unspecified atom stereocenters. The Kier molecular flexibility index (Phi) is 8.83. The molecule has 38 heavy (non-hydrogen) atoms. The number of azo groups is 2. The van der Waals surface area contributed by atoms with Crippen LogP contribution in [0.25, 0.3) is 0 Å². The first-order valence-electron chi connectivity index (χ1n) is 11.1. The van der Waals surface area contributed by atoms with E-state index >= 15 is 0 Å². The number of hydrogen-bond donors (Lipinski definition) is 3. The molecule has 0 aliphatic heterocycles. The first kappa shape index (κ1) is 27.9. The van der Waals surface area contributed by atoms with Crippen LogP contribution in [0, 0.1) is 0 Å². The summed E-state index contributed by atoms with van der Waals surface area (Å²) in [6, 6.07) is 13.0. The van der Waals surface area contributed by atoms with Crippen molar-refractivity contribution >= 4 is 56.2 Å². The Morgan fingerprint density at radius 3 is 1.76 bits per heavy atom. The highest BCUT2D eigenvalue weighted by molar-refractivity contribution is 7.86. The van der Waals surface area contributed by atoms with Crippen LogP contribution in [-0.2, 0) is 19.6 Å².